The molecule has 0 saturated heterocycles. The van der Waals surface area contributed by atoms with E-state index in [9.17, 15) is 9.59 Å². The van der Waals surface area contributed by atoms with Crippen LogP contribution in [0.2, 0.25) is 0 Å². The molecule has 3 aromatic rings. The number of hydrogen-bond donors (Lipinski definition) is 3. The van der Waals surface area contributed by atoms with E-state index in [1.54, 1.807) is 0 Å². The van der Waals surface area contributed by atoms with Crippen molar-refractivity contribution < 1.29 is 9.59 Å². The van der Waals surface area contributed by atoms with Gasteiger partial charge >= 0.3 is 0 Å². The first-order chi connectivity index (χ1) is 14.5. The van der Waals surface area contributed by atoms with E-state index in [-0.39, 0.29) is 18.4 Å². The maximum absolute atomic E-state index is 12.2. The van der Waals surface area contributed by atoms with Crippen LogP contribution in [-0.2, 0) is 16.0 Å². The van der Waals surface area contributed by atoms with Gasteiger partial charge in [-0.1, -0.05) is 48.0 Å². The van der Waals surface area contributed by atoms with Gasteiger partial charge in [-0.3, -0.25) is 9.59 Å². The van der Waals surface area contributed by atoms with Crippen LogP contribution in [0.15, 0.2) is 72.8 Å². The molecule has 3 rings (SSSR count). The summed E-state index contributed by atoms with van der Waals surface area (Å²) in [6, 6.07) is 23.2. The Balaban J connectivity index is 1.43. The molecular formula is C25H27N3O2. The Hall–Kier alpha value is -3.60. The Morgan fingerprint density at radius 3 is 2.17 bits per heavy atom. The van der Waals surface area contributed by atoms with Crippen molar-refractivity contribution >= 4 is 28.9 Å². The second-order valence-corrected chi connectivity index (χ2v) is 7.33. The van der Waals surface area contributed by atoms with Crippen molar-refractivity contribution in [3.05, 3.63) is 89.5 Å². The van der Waals surface area contributed by atoms with Gasteiger partial charge in [0.15, 0.2) is 0 Å². The summed E-state index contributed by atoms with van der Waals surface area (Å²) in [5.41, 5.74) is 5.71. The molecule has 0 heterocycles. The van der Waals surface area contributed by atoms with Crippen LogP contribution >= 0.6 is 0 Å². The first-order valence-electron chi connectivity index (χ1n) is 10.0. The third-order valence-electron chi connectivity index (χ3n) is 4.76. The number of benzene rings is 3. The van der Waals surface area contributed by atoms with Crippen molar-refractivity contribution in [2.24, 2.45) is 0 Å². The van der Waals surface area contributed by atoms with Gasteiger partial charge in [0.25, 0.3) is 0 Å². The van der Waals surface area contributed by atoms with E-state index in [0.29, 0.717) is 12.8 Å². The monoisotopic (exact) mass is 401 g/mol. The van der Waals surface area contributed by atoms with Crippen LogP contribution in [0.4, 0.5) is 17.1 Å². The first-order valence-corrected chi connectivity index (χ1v) is 10.0. The lowest BCUT2D eigenvalue weighted by molar-refractivity contribution is -0.116. The summed E-state index contributed by atoms with van der Waals surface area (Å²) in [4.78, 5) is 24.3. The largest absolute Gasteiger partial charge is 0.376 e. The first kappa shape index (κ1) is 21.1. The lowest BCUT2D eigenvalue weighted by atomic mass is 10.1. The smallest absolute Gasteiger partial charge is 0.243 e. The molecule has 0 spiro atoms. The third kappa shape index (κ3) is 6.48. The van der Waals surface area contributed by atoms with E-state index in [4.69, 9.17) is 0 Å². The number of anilines is 3. The minimum Gasteiger partial charge on any atom is -0.376 e. The molecule has 0 aliphatic carbocycles. The summed E-state index contributed by atoms with van der Waals surface area (Å²) < 4.78 is 0. The molecule has 0 fully saturated rings. The Bertz CT molecular complexity index is 999. The van der Waals surface area contributed by atoms with Gasteiger partial charge in [-0.25, -0.2) is 0 Å². The molecule has 0 aromatic heterocycles. The standard InChI is InChI=1S/C25H27N3O2/c1-18-8-14-23(19(2)16-18)28-25(30)17-26-21-10-12-22(13-11-21)27-24(29)15-9-20-6-4-3-5-7-20/h3-8,10-14,16,26H,9,15,17H2,1-2H3,(H,27,29)(H,28,30). The summed E-state index contributed by atoms with van der Waals surface area (Å²) in [5.74, 6) is -0.132. The summed E-state index contributed by atoms with van der Waals surface area (Å²) >= 11 is 0. The lowest BCUT2D eigenvalue weighted by Gasteiger charge is -2.11. The van der Waals surface area contributed by atoms with Gasteiger partial charge < -0.3 is 16.0 Å². The molecule has 0 unspecified atom stereocenters. The second-order valence-electron chi connectivity index (χ2n) is 7.33. The topological polar surface area (TPSA) is 70.2 Å². The fourth-order valence-corrected chi connectivity index (χ4v) is 3.13. The molecule has 3 N–H and O–H groups in total. The van der Waals surface area contributed by atoms with E-state index in [1.807, 2.05) is 86.6 Å². The third-order valence-corrected chi connectivity index (χ3v) is 4.76. The highest BCUT2D eigenvalue weighted by atomic mass is 16.2. The SMILES string of the molecule is Cc1ccc(NC(=O)CNc2ccc(NC(=O)CCc3ccccc3)cc2)c(C)c1. The molecule has 0 saturated carbocycles. The average molecular weight is 402 g/mol. The van der Waals surface area contributed by atoms with Crippen molar-refractivity contribution in [2.45, 2.75) is 26.7 Å². The summed E-state index contributed by atoms with van der Waals surface area (Å²) in [6.45, 7) is 4.16. The van der Waals surface area contributed by atoms with E-state index >= 15 is 0 Å². The minimum absolute atomic E-state index is 0.0209. The van der Waals surface area contributed by atoms with Crippen LogP contribution in [0.5, 0.6) is 0 Å². The van der Waals surface area contributed by atoms with Gasteiger partial charge in [-0.2, -0.15) is 0 Å². The maximum Gasteiger partial charge on any atom is 0.243 e. The molecule has 5 nitrogen and oxygen atoms in total. The molecular weight excluding hydrogens is 374 g/mol. The van der Waals surface area contributed by atoms with Crippen molar-refractivity contribution in [2.75, 3.05) is 22.5 Å². The molecule has 30 heavy (non-hydrogen) atoms. The van der Waals surface area contributed by atoms with E-state index < -0.39 is 0 Å². The zero-order valence-corrected chi connectivity index (χ0v) is 17.4. The molecule has 0 aliphatic rings. The lowest BCUT2D eigenvalue weighted by Crippen LogP contribution is -2.22. The number of amides is 2. The van der Waals surface area contributed by atoms with Crippen LogP contribution in [0.25, 0.3) is 0 Å². The Kier molecular flexibility index (Phi) is 7.22. The zero-order valence-electron chi connectivity index (χ0n) is 17.4. The van der Waals surface area contributed by atoms with E-state index in [1.165, 1.54) is 0 Å². The van der Waals surface area contributed by atoms with Crippen LogP contribution in [-0.4, -0.2) is 18.4 Å². The van der Waals surface area contributed by atoms with E-state index in [2.05, 4.69) is 16.0 Å². The molecule has 0 bridgehead atoms. The molecule has 2 amide bonds. The quantitative estimate of drug-likeness (QED) is 0.501. The van der Waals surface area contributed by atoms with Crippen molar-refractivity contribution in [3.63, 3.8) is 0 Å². The Labute approximate surface area is 177 Å². The highest BCUT2D eigenvalue weighted by Gasteiger charge is 2.06. The molecule has 0 radical (unpaired) electrons. The average Bonchev–Trinajstić information content (AvgIpc) is 2.74. The predicted molar refractivity (Wildman–Crippen MR) is 123 cm³/mol. The van der Waals surface area contributed by atoms with E-state index in [0.717, 1.165) is 33.8 Å². The van der Waals surface area contributed by atoms with Crippen LogP contribution in [0.3, 0.4) is 0 Å². The normalized spacial score (nSPS) is 10.3. The minimum atomic E-state index is -0.111. The Morgan fingerprint density at radius 2 is 1.47 bits per heavy atom. The molecule has 154 valence electrons. The van der Waals surface area contributed by atoms with Crippen molar-refractivity contribution in [1.82, 2.24) is 0 Å². The van der Waals surface area contributed by atoms with Crippen LogP contribution < -0.4 is 16.0 Å². The highest BCUT2D eigenvalue weighted by molar-refractivity contribution is 5.94. The summed E-state index contributed by atoms with van der Waals surface area (Å²) in [7, 11) is 0. The zero-order chi connectivity index (χ0) is 21.3. The van der Waals surface area contributed by atoms with Crippen molar-refractivity contribution in [3.8, 4) is 0 Å². The summed E-state index contributed by atoms with van der Waals surface area (Å²) in [5, 5.41) is 8.91. The Morgan fingerprint density at radius 1 is 0.767 bits per heavy atom. The number of carbonyl (C=O) groups is 2. The van der Waals surface area contributed by atoms with Crippen molar-refractivity contribution in [1.29, 1.82) is 0 Å². The second kappa shape index (κ2) is 10.3. The van der Waals surface area contributed by atoms with Crippen LogP contribution in [0, 0.1) is 13.8 Å². The van der Waals surface area contributed by atoms with Gasteiger partial charge in [0, 0.05) is 23.5 Å². The van der Waals surface area contributed by atoms with Gasteiger partial charge in [-0.05, 0) is 61.7 Å². The maximum atomic E-state index is 12.2. The number of rotatable bonds is 8. The fraction of sp³-hybridized carbons (Fsp3) is 0.200. The van der Waals surface area contributed by atoms with Gasteiger partial charge in [0.2, 0.25) is 11.8 Å². The number of hydrogen-bond acceptors (Lipinski definition) is 3. The number of aryl methyl sites for hydroxylation is 3. The number of nitrogens with one attached hydrogen (secondary N) is 3. The van der Waals surface area contributed by atoms with Gasteiger partial charge in [-0.15, -0.1) is 0 Å². The van der Waals surface area contributed by atoms with Gasteiger partial charge in [0.1, 0.15) is 0 Å². The molecule has 0 atom stereocenters. The summed E-state index contributed by atoms with van der Waals surface area (Å²) in [6.07, 6.45) is 1.14. The predicted octanol–water partition coefficient (Wildman–Crippen LogP) is 4.93. The fourth-order valence-electron chi connectivity index (χ4n) is 3.13. The molecule has 3 aromatic carbocycles. The van der Waals surface area contributed by atoms with Crippen LogP contribution in [0.1, 0.15) is 23.1 Å². The highest BCUT2D eigenvalue weighted by Crippen LogP contribution is 2.17. The van der Waals surface area contributed by atoms with Gasteiger partial charge in [0.05, 0.1) is 6.54 Å². The molecule has 5 heteroatoms. The molecule has 0 aliphatic heterocycles. The number of carbonyl (C=O) groups excluding carboxylic acids is 2.